The first kappa shape index (κ1) is 16.7. The second kappa shape index (κ2) is 7.58. The van der Waals surface area contributed by atoms with E-state index in [2.05, 4.69) is 10.5 Å². The summed E-state index contributed by atoms with van der Waals surface area (Å²) >= 11 is 0. The van der Waals surface area contributed by atoms with Crippen LogP contribution in [-0.2, 0) is 4.79 Å². The van der Waals surface area contributed by atoms with Gasteiger partial charge in [-0.3, -0.25) is 4.79 Å². The van der Waals surface area contributed by atoms with Gasteiger partial charge < -0.3 is 14.9 Å². The van der Waals surface area contributed by atoms with Gasteiger partial charge in [0.1, 0.15) is 0 Å². The van der Waals surface area contributed by atoms with Crippen LogP contribution in [-0.4, -0.2) is 22.1 Å². The Hall–Kier alpha value is -2.63. The lowest BCUT2D eigenvalue weighted by atomic mass is 9.99. The second-order valence-corrected chi connectivity index (χ2v) is 5.28. The van der Waals surface area contributed by atoms with Gasteiger partial charge in [0.2, 0.25) is 5.76 Å². The van der Waals surface area contributed by atoms with E-state index in [0.29, 0.717) is 11.3 Å². The van der Waals surface area contributed by atoms with Crippen molar-refractivity contribution in [1.29, 1.82) is 0 Å². The zero-order valence-corrected chi connectivity index (χ0v) is 13.2. The van der Waals surface area contributed by atoms with Crippen molar-refractivity contribution in [3.05, 3.63) is 53.4 Å². The Balaban J connectivity index is 2.15. The molecule has 6 nitrogen and oxygen atoms in total. The molecular weight excluding hydrogens is 296 g/mol. The van der Waals surface area contributed by atoms with Gasteiger partial charge in [-0.05, 0) is 18.4 Å². The van der Waals surface area contributed by atoms with E-state index >= 15 is 0 Å². The first-order chi connectivity index (χ1) is 11.1. The van der Waals surface area contributed by atoms with Crippen LogP contribution >= 0.6 is 0 Å². The summed E-state index contributed by atoms with van der Waals surface area (Å²) in [5.74, 6) is -1.48. The minimum atomic E-state index is -1.13. The van der Waals surface area contributed by atoms with E-state index in [0.717, 1.165) is 12.8 Å². The standard InChI is InChI=1S/C17H20N2O4/c1-3-11(4-2)13-10-14(23-19-13)16(20)18-15(17(21)22)12-8-6-5-7-9-12/h5-11,15H,3-4H2,1-2H3,(H,18,20)(H,21,22)/t15-/m1/s1. The van der Waals surface area contributed by atoms with Crippen LogP contribution in [0, 0.1) is 0 Å². The Morgan fingerprint density at radius 2 is 1.87 bits per heavy atom. The normalized spacial score (nSPS) is 12.1. The number of amides is 1. The second-order valence-electron chi connectivity index (χ2n) is 5.28. The molecule has 1 atom stereocenters. The minimum Gasteiger partial charge on any atom is -0.479 e. The highest BCUT2D eigenvalue weighted by atomic mass is 16.5. The molecule has 0 aliphatic heterocycles. The number of carbonyl (C=O) groups excluding carboxylic acids is 1. The van der Waals surface area contributed by atoms with Gasteiger partial charge in [0.15, 0.2) is 6.04 Å². The predicted molar refractivity (Wildman–Crippen MR) is 84.1 cm³/mol. The van der Waals surface area contributed by atoms with Gasteiger partial charge in [-0.2, -0.15) is 0 Å². The molecule has 0 unspecified atom stereocenters. The maximum Gasteiger partial charge on any atom is 0.330 e. The smallest absolute Gasteiger partial charge is 0.330 e. The van der Waals surface area contributed by atoms with E-state index in [9.17, 15) is 14.7 Å². The quantitative estimate of drug-likeness (QED) is 0.818. The number of carboxylic acid groups (broad SMARTS) is 1. The maximum absolute atomic E-state index is 12.2. The molecule has 6 heteroatoms. The SMILES string of the molecule is CCC(CC)c1cc(C(=O)N[C@@H](C(=O)O)c2ccccc2)on1. The van der Waals surface area contributed by atoms with Gasteiger partial charge >= 0.3 is 5.97 Å². The van der Waals surface area contributed by atoms with Crippen molar-refractivity contribution in [1.82, 2.24) is 10.5 Å². The lowest BCUT2D eigenvalue weighted by Crippen LogP contribution is -2.33. The van der Waals surface area contributed by atoms with E-state index in [1.165, 1.54) is 0 Å². The Kier molecular flexibility index (Phi) is 5.51. The number of nitrogens with one attached hydrogen (secondary N) is 1. The van der Waals surface area contributed by atoms with E-state index < -0.39 is 17.9 Å². The molecule has 1 aromatic heterocycles. The van der Waals surface area contributed by atoms with Crippen LogP contribution in [0.4, 0.5) is 0 Å². The molecule has 0 saturated heterocycles. The highest BCUT2D eigenvalue weighted by molar-refractivity contribution is 5.94. The first-order valence-corrected chi connectivity index (χ1v) is 7.62. The highest BCUT2D eigenvalue weighted by Crippen LogP contribution is 2.23. The molecule has 1 aromatic carbocycles. The summed E-state index contributed by atoms with van der Waals surface area (Å²) in [4.78, 5) is 23.6. The summed E-state index contributed by atoms with van der Waals surface area (Å²) < 4.78 is 5.07. The molecule has 1 heterocycles. The van der Waals surface area contributed by atoms with Crippen molar-refractivity contribution >= 4 is 11.9 Å². The third-order valence-corrected chi connectivity index (χ3v) is 3.81. The van der Waals surface area contributed by atoms with Crippen LogP contribution in [0.3, 0.4) is 0 Å². The zero-order valence-electron chi connectivity index (χ0n) is 13.2. The number of rotatable bonds is 7. The van der Waals surface area contributed by atoms with E-state index in [1.54, 1.807) is 36.4 Å². The number of nitrogens with zero attached hydrogens (tertiary/aromatic N) is 1. The summed E-state index contributed by atoms with van der Waals surface area (Å²) in [5, 5.41) is 15.7. The van der Waals surface area contributed by atoms with Crippen molar-refractivity contribution in [3.63, 3.8) is 0 Å². The van der Waals surface area contributed by atoms with E-state index in [-0.39, 0.29) is 11.7 Å². The third-order valence-electron chi connectivity index (χ3n) is 3.81. The predicted octanol–water partition coefficient (Wildman–Crippen LogP) is 3.13. The average Bonchev–Trinajstić information content (AvgIpc) is 3.04. The lowest BCUT2D eigenvalue weighted by molar-refractivity contribution is -0.139. The van der Waals surface area contributed by atoms with Crippen LogP contribution in [0.15, 0.2) is 40.9 Å². The molecule has 0 saturated carbocycles. The number of aliphatic carboxylic acids is 1. The summed E-state index contributed by atoms with van der Waals surface area (Å²) in [7, 11) is 0. The average molecular weight is 316 g/mol. The molecule has 0 aliphatic carbocycles. The third kappa shape index (κ3) is 3.97. The van der Waals surface area contributed by atoms with Crippen LogP contribution in [0.1, 0.15) is 60.5 Å². The van der Waals surface area contributed by atoms with Gasteiger partial charge in [0.25, 0.3) is 5.91 Å². The largest absolute Gasteiger partial charge is 0.479 e. The van der Waals surface area contributed by atoms with Crippen LogP contribution in [0.2, 0.25) is 0 Å². The molecule has 2 N–H and O–H groups in total. The van der Waals surface area contributed by atoms with E-state index in [4.69, 9.17) is 4.52 Å². The Morgan fingerprint density at radius 1 is 1.22 bits per heavy atom. The number of aromatic nitrogens is 1. The molecule has 23 heavy (non-hydrogen) atoms. The molecular formula is C17H20N2O4. The zero-order chi connectivity index (χ0) is 16.8. The number of hydrogen-bond acceptors (Lipinski definition) is 4. The van der Waals surface area contributed by atoms with Crippen molar-refractivity contribution in [2.24, 2.45) is 0 Å². The fourth-order valence-corrected chi connectivity index (χ4v) is 2.43. The molecule has 0 spiro atoms. The van der Waals surface area contributed by atoms with Crippen LogP contribution < -0.4 is 5.32 Å². The van der Waals surface area contributed by atoms with Gasteiger partial charge in [0, 0.05) is 12.0 Å². The topological polar surface area (TPSA) is 92.4 Å². The van der Waals surface area contributed by atoms with Crippen molar-refractivity contribution in [2.75, 3.05) is 0 Å². The van der Waals surface area contributed by atoms with Crippen LogP contribution in [0.25, 0.3) is 0 Å². The lowest BCUT2D eigenvalue weighted by Gasteiger charge is -2.13. The molecule has 0 aliphatic rings. The van der Waals surface area contributed by atoms with Gasteiger partial charge in [0.05, 0.1) is 5.69 Å². The highest BCUT2D eigenvalue weighted by Gasteiger charge is 2.25. The fourth-order valence-electron chi connectivity index (χ4n) is 2.43. The van der Waals surface area contributed by atoms with Crippen LogP contribution in [0.5, 0.6) is 0 Å². The number of hydrogen-bond donors (Lipinski definition) is 2. The molecule has 122 valence electrons. The number of carbonyl (C=O) groups is 2. The Labute approximate surface area is 134 Å². The maximum atomic E-state index is 12.2. The van der Waals surface area contributed by atoms with Gasteiger partial charge in [-0.25, -0.2) is 4.79 Å². The molecule has 0 radical (unpaired) electrons. The van der Waals surface area contributed by atoms with Crippen molar-refractivity contribution < 1.29 is 19.2 Å². The number of benzene rings is 1. The molecule has 0 bridgehead atoms. The van der Waals surface area contributed by atoms with Crippen molar-refractivity contribution in [3.8, 4) is 0 Å². The van der Waals surface area contributed by atoms with Gasteiger partial charge in [-0.15, -0.1) is 0 Å². The molecule has 2 rings (SSSR count). The minimum absolute atomic E-state index is 0.0223. The molecule has 2 aromatic rings. The fraction of sp³-hybridized carbons (Fsp3) is 0.353. The summed E-state index contributed by atoms with van der Waals surface area (Å²) in [6.45, 7) is 4.08. The first-order valence-electron chi connectivity index (χ1n) is 7.62. The summed E-state index contributed by atoms with van der Waals surface area (Å²) in [5.41, 5.74) is 1.21. The Morgan fingerprint density at radius 3 is 2.43 bits per heavy atom. The summed E-state index contributed by atoms with van der Waals surface area (Å²) in [6, 6.07) is 8.96. The monoisotopic (exact) mass is 316 g/mol. The number of carboxylic acids is 1. The van der Waals surface area contributed by atoms with Crippen molar-refractivity contribution in [2.45, 2.75) is 38.6 Å². The molecule has 0 fully saturated rings. The summed E-state index contributed by atoms with van der Waals surface area (Å²) in [6.07, 6.45) is 1.79. The molecule has 1 amide bonds. The van der Waals surface area contributed by atoms with E-state index in [1.807, 2.05) is 13.8 Å². The Bertz CT molecular complexity index is 662. The van der Waals surface area contributed by atoms with Gasteiger partial charge in [-0.1, -0.05) is 49.3 Å².